The average molecular weight is 266 g/mol. The first-order valence-electron chi connectivity index (χ1n) is 5.38. The standard InChI is InChI=1S/C12H10S.C2H6ClN/c13-12-8-6-11(7-9-12)10-4-2-1-3-5-10;3-1-2-4/h1-9,13H;1-2,4H2. The van der Waals surface area contributed by atoms with Crippen molar-refractivity contribution in [3.8, 4) is 11.1 Å². The first-order chi connectivity index (χ1) is 8.27. The third-order valence-electron chi connectivity index (χ3n) is 2.08. The van der Waals surface area contributed by atoms with E-state index < -0.39 is 0 Å². The van der Waals surface area contributed by atoms with Crippen LogP contribution in [0.3, 0.4) is 0 Å². The normalized spacial score (nSPS) is 9.35. The molecule has 0 aliphatic rings. The lowest BCUT2D eigenvalue weighted by Crippen LogP contribution is -1.97. The second-order valence-corrected chi connectivity index (χ2v) is 4.28. The maximum Gasteiger partial charge on any atom is 0.0346 e. The molecule has 0 unspecified atom stereocenters. The predicted octanol–water partition coefficient (Wildman–Crippen LogP) is 3.83. The lowest BCUT2D eigenvalue weighted by Gasteiger charge is -2.00. The Morgan fingerprint density at radius 2 is 1.35 bits per heavy atom. The van der Waals surface area contributed by atoms with Gasteiger partial charge in [-0.05, 0) is 23.3 Å². The number of hydrogen-bond acceptors (Lipinski definition) is 2. The summed E-state index contributed by atoms with van der Waals surface area (Å²) in [5.74, 6) is 0.569. The highest BCUT2D eigenvalue weighted by atomic mass is 35.5. The summed E-state index contributed by atoms with van der Waals surface area (Å²) in [7, 11) is 0. The van der Waals surface area contributed by atoms with Crippen molar-refractivity contribution in [2.24, 2.45) is 5.73 Å². The largest absolute Gasteiger partial charge is 0.329 e. The molecule has 0 spiro atoms. The van der Waals surface area contributed by atoms with Crippen LogP contribution in [0.4, 0.5) is 0 Å². The topological polar surface area (TPSA) is 26.0 Å². The zero-order chi connectivity index (χ0) is 12.5. The molecule has 0 saturated carbocycles. The van der Waals surface area contributed by atoms with E-state index in [9.17, 15) is 0 Å². The molecule has 2 N–H and O–H groups in total. The highest BCUT2D eigenvalue weighted by molar-refractivity contribution is 7.80. The van der Waals surface area contributed by atoms with Crippen LogP contribution in [-0.2, 0) is 0 Å². The first kappa shape index (κ1) is 14.1. The van der Waals surface area contributed by atoms with E-state index in [1.54, 1.807) is 0 Å². The molecular formula is C14H16ClNS. The molecule has 2 aromatic carbocycles. The molecule has 0 bridgehead atoms. The van der Waals surface area contributed by atoms with Crippen LogP contribution in [0.1, 0.15) is 0 Å². The van der Waals surface area contributed by atoms with Crippen LogP contribution >= 0.6 is 24.2 Å². The highest BCUT2D eigenvalue weighted by Crippen LogP contribution is 2.19. The number of hydrogen-bond donors (Lipinski definition) is 2. The van der Waals surface area contributed by atoms with Gasteiger partial charge in [-0.25, -0.2) is 0 Å². The molecule has 0 aliphatic carbocycles. The van der Waals surface area contributed by atoms with E-state index >= 15 is 0 Å². The Morgan fingerprint density at radius 1 is 0.882 bits per heavy atom. The van der Waals surface area contributed by atoms with E-state index in [0.717, 1.165) is 4.90 Å². The van der Waals surface area contributed by atoms with Crippen molar-refractivity contribution in [1.29, 1.82) is 0 Å². The van der Waals surface area contributed by atoms with Gasteiger partial charge in [0.15, 0.2) is 0 Å². The van der Waals surface area contributed by atoms with Gasteiger partial charge in [-0.3, -0.25) is 0 Å². The number of rotatable bonds is 2. The molecule has 90 valence electrons. The molecule has 2 rings (SSSR count). The zero-order valence-electron chi connectivity index (χ0n) is 9.51. The maximum atomic E-state index is 5.06. The molecule has 0 fully saturated rings. The van der Waals surface area contributed by atoms with Gasteiger partial charge in [0, 0.05) is 17.3 Å². The van der Waals surface area contributed by atoms with Crippen molar-refractivity contribution in [3.63, 3.8) is 0 Å². The van der Waals surface area contributed by atoms with E-state index in [0.29, 0.717) is 12.4 Å². The summed E-state index contributed by atoms with van der Waals surface area (Å²) in [5, 5.41) is 0. The van der Waals surface area contributed by atoms with E-state index in [4.69, 9.17) is 17.3 Å². The number of halogens is 1. The molecule has 0 radical (unpaired) electrons. The van der Waals surface area contributed by atoms with E-state index in [1.165, 1.54) is 11.1 Å². The molecular weight excluding hydrogens is 250 g/mol. The van der Waals surface area contributed by atoms with E-state index in [1.807, 2.05) is 30.3 Å². The quantitative estimate of drug-likeness (QED) is 0.627. The van der Waals surface area contributed by atoms with Crippen LogP contribution in [0, 0.1) is 0 Å². The summed E-state index contributed by atoms with van der Waals surface area (Å²) in [6, 6.07) is 18.5. The number of alkyl halides is 1. The highest BCUT2D eigenvalue weighted by Gasteiger charge is 1.94. The third kappa shape index (κ3) is 5.26. The molecule has 0 atom stereocenters. The fourth-order valence-corrected chi connectivity index (χ4v) is 1.43. The summed E-state index contributed by atoms with van der Waals surface area (Å²) in [5.41, 5.74) is 7.38. The summed E-state index contributed by atoms with van der Waals surface area (Å²) in [4.78, 5) is 1.000. The average Bonchev–Trinajstić information content (AvgIpc) is 2.41. The lowest BCUT2D eigenvalue weighted by atomic mass is 10.1. The van der Waals surface area contributed by atoms with Crippen molar-refractivity contribution in [3.05, 3.63) is 54.6 Å². The minimum absolute atomic E-state index is 0.569. The molecule has 0 heterocycles. The fourth-order valence-electron chi connectivity index (χ4n) is 1.28. The summed E-state index contributed by atoms with van der Waals surface area (Å²) >= 11 is 9.31. The Bertz CT molecular complexity index is 412. The van der Waals surface area contributed by atoms with Crippen LogP contribution in [0.5, 0.6) is 0 Å². The fraction of sp³-hybridized carbons (Fsp3) is 0.143. The summed E-state index contributed by atoms with van der Waals surface area (Å²) in [6.45, 7) is 0.585. The molecule has 2 aromatic rings. The molecule has 0 amide bonds. The van der Waals surface area contributed by atoms with Crippen molar-refractivity contribution >= 4 is 24.2 Å². The molecule has 1 nitrogen and oxygen atoms in total. The second kappa shape index (κ2) is 8.18. The predicted molar refractivity (Wildman–Crippen MR) is 78.9 cm³/mol. The molecule has 17 heavy (non-hydrogen) atoms. The van der Waals surface area contributed by atoms with Crippen molar-refractivity contribution in [2.75, 3.05) is 12.4 Å². The van der Waals surface area contributed by atoms with Crippen molar-refractivity contribution < 1.29 is 0 Å². The number of nitrogens with two attached hydrogens (primary N) is 1. The Hall–Kier alpha value is -0.960. The molecule has 0 aliphatic heterocycles. The monoisotopic (exact) mass is 265 g/mol. The van der Waals surface area contributed by atoms with Gasteiger partial charge in [-0.1, -0.05) is 42.5 Å². The number of benzene rings is 2. The van der Waals surface area contributed by atoms with Crippen LogP contribution in [0.2, 0.25) is 0 Å². The van der Waals surface area contributed by atoms with Gasteiger partial charge in [-0.15, -0.1) is 24.2 Å². The van der Waals surface area contributed by atoms with Crippen LogP contribution in [0.15, 0.2) is 59.5 Å². The Morgan fingerprint density at radius 3 is 1.82 bits per heavy atom. The van der Waals surface area contributed by atoms with Crippen LogP contribution in [-0.4, -0.2) is 12.4 Å². The van der Waals surface area contributed by atoms with Gasteiger partial charge in [0.1, 0.15) is 0 Å². The van der Waals surface area contributed by atoms with Crippen molar-refractivity contribution in [2.45, 2.75) is 4.90 Å². The first-order valence-corrected chi connectivity index (χ1v) is 6.36. The number of thiol groups is 1. The second-order valence-electron chi connectivity index (χ2n) is 3.39. The van der Waals surface area contributed by atoms with E-state index in [-0.39, 0.29) is 0 Å². The Balaban J connectivity index is 0.000000317. The molecule has 0 saturated heterocycles. The lowest BCUT2D eigenvalue weighted by molar-refractivity contribution is 1.14. The van der Waals surface area contributed by atoms with Crippen molar-refractivity contribution in [1.82, 2.24) is 0 Å². The Labute approximate surface area is 113 Å². The summed E-state index contributed by atoms with van der Waals surface area (Å²) in [6.07, 6.45) is 0. The SMILES string of the molecule is NCCCl.Sc1ccc(-c2ccccc2)cc1. The molecule has 0 aromatic heterocycles. The smallest absolute Gasteiger partial charge is 0.0346 e. The van der Waals surface area contributed by atoms with Gasteiger partial charge >= 0.3 is 0 Å². The molecule has 3 heteroatoms. The third-order valence-corrected chi connectivity index (χ3v) is 2.60. The van der Waals surface area contributed by atoms with Gasteiger partial charge in [0.2, 0.25) is 0 Å². The summed E-state index contributed by atoms with van der Waals surface area (Å²) < 4.78 is 0. The van der Waals surface area contributed by atoms with Gasteiger partial charge in [0.25, 0.3) is 0 Å². The van der Waals surface area contributed by atoms with Crippen LogP contribution in [0.25, 0.3) is 11.1 Å². The zero-order valence-corrected chi connectivity index (χ0v) is 11.2. The van der Waals surface area contributed by atoms with Gasteiger partial charge in [0.05, 0.1) is 0 Å². The minimum atomic E-state index is 0.569. The van der Waals surface area contributed by atoms with Crippen LogP contribution < -0.4 is 5.73 Å². The Kier molecular flexibility index (Phi) is 6.78. The minimum Gasteiger partial charge on any atom is -0.329 e. The van der Waals surface area contributed by atoms with Gasteiger partial charge < -0.3 is 5.73 Å². The maximum absolute atomic E-state index is 5.06. The van der Waals surface area contributed by atoms with E-state index in [2.05, 4.69) is 36.9 Å². The van der Waals surface area contributed by atoms with Gasteiger partial charge in [-0.2, -0.15) is 0 Å².